The van der Waals surface area contributed by atoms with Gasteiger partial charge in [-0.05, 0) is 50.0 Å². The zero-order valence-corrected chi connectivity index (χ0v) is 10.8. The Balaban J connectivity index is 0.00000120. The highest BCUT2D eigenvalue weighted by Crippen LogP contribution is 2.40. The summed E-state index contributed by atoms with van der Waals surface area (Å²) in [5.74, 6) is -0.248. The first kappa shape index (κ1) is 13.3. The van der Waals surface area contributed by atoms with Gasteiger partial charge in [0.05, 0.1) is 5.41 Å². The molecule has 2 aliphatic heterocycles. The quantitative estimate of drug-likeness (QED) is 0.758. The van der Waals surface area contributed by atoms with Gasteiger partial charge < -0.3 is 10.6 Å². The van der Waals surface area contributed by atoms with Crippen molar-refractivity contribution in [1.29, 1.82) is 0 Å². The van der Waals surface area contributed by atoms with Gasteiger partial charge >= 0.3 is 0 Å². The number of hydrogen-bond acceptors (Lipinski definition) is 2. The Labute approximate surface area is 112 Å². The number of anilines is 1. The van der Waals surface area contributed by atoms with Crippen molar-refractivity contribution in [3.63, 3.8) is 0 Å². The normalized spacial score (nSPS) is 20.8. The maximum Gasteiger partial charge on any atom is 0.231 e. The number of piperidine rings is 1. The molecule has 1 spiro atoms. The third-order valence-corrected chi connectivity index (χ3v) is 3.89. The lowest BCUT2D eigenvalue weighted by Crippen LogP contribution is -2.48. The molecule has 3 nitrogen and oxygen atoms in total. The molecule has 0 aromatic heterocycles. The van der Waals surface area contributed by atoms with Gasteiger partial charge in [-0.15, -0.1) is 12.4 Å². The van der Waals surface area contributed by atoms with Crippen molar-refractivity contribution >= 4 is 24.0 Å². The van der Waals surface area contributed by atoms with Crippen molar-refractivity contribution in [3.05, 3.63) is 29.6 Å². The number of fused-ring (bicyclic) bond motifs is 1. The van der Waals surface area contributed by atoms with Gasteiger partial charge in [0.2, 0.25) is 5.91 Å². The van der Waals surface area contributed by atoms with E-state index in [1.807, 2.05) is 0 Å². The molecule has 2 heterocycles. The number of nitrogens with one attached hydrogen (secondary N) is 2. The molecule has 5 heteroatoms. The summed E-state index contributed by atoms with van der Waals surface area (Å²) < 4.78 is 13.1. The molecule has 2 aliphatic rings. The molecular formula is C13H16ClFN2O. The van der Waals surface area contributed by atoms with Crippen molar-refractivity contribution in [2.45, 2.75) is 19.3 Å². The predicted octanol–water partition coefficient (Wildman–Crippen LogP) is 2.11. The van der Waals surface area contributed by atoms with Crippen LogP contribution in [0.2, 0.25) is 0 Å². The molecule has 0 saturated carbocycles. The van der Waals surface area contributed by atoms with Crippen LogP contribution in [0.4, 0.5) is 10.1 Å². The standard InChI is InChI=1S/C13H15FN2O.ClH/c14-10-2-1-9-8-13(3-5-15-6-4-13)12(17)16-11(9)7-10;/h1-2,7,15H,3-6,8H2,(H,16,17);1H. The number of halogens is 2. The molecule has 98 valence electrons. The van der Waals surface area contributed by atoms with E-state index in [1.165, 1.54) is 12.1 Å². The SMILES string of the molecule is Cl.O=C1Nc2cc(F)ccc2CC12CCNCC2. The number of hydrogen-bond donors (Lipinski definition) is 2. The molecule has 0 bridgehead atoms. The minimum Gasteiger partial charge on any atom is -0.325 e. The highest BCUT2D eigenvalue weighted by Gasteiger charge is 2.42. The molecule has 0 unspecified atom stereocenters. The van der Waals surface area contributed by atoms with Gasteiger partial charge in [0.1, 0.15) is 5.82 Å². The molecule has 1 saturated heterocycles. The van der Waals surface area contributed by atoms with E-state index in [0.29, 0.717) is 5.69 Å². The molecule has 0 aliphatic carbocycles. The molecule has 1 amide bonds. The third kappa shape index (κ3) is 2.10. The van der Waals surface area contributed by atoms with Crippen molar-refractivity contribution in [2.24, 2.45) is 5.41 Å². The van der Waals surface area contributed by atoms with E-state index in [2.05, 4.69) is 10.6 Å². The van der Waals surface area contributed by atoms with Gasteiger partial charge in [0, 0.05) is 5.69 Å². The van der Waals surface area contributed by atoms with Crippen LogP contribution in [0, 0.1) is 11.2 Å². The number of amides is 1. The summed E-state index contributed by atoms with van der Waals surface area (Å²) in [7, 11) is 0. The lowest BCUT2D eigenvalue weighted by atomic mass is 9.71. The van der Waals surface area contributed by atoms with Crippen LogP contribution in [0.15, 0.2) is 18.2 Å². The molecule has 1 aromatic carbocycles. The van der Waals surface area contributed by atoms with Crippen molar-refractivity contribution in [1.82, 2.24) is 5.32 Å². The Morgan fingerprint density at radius 3 is 2.67 bits per heavy atom. The minimum absolute atomic E-state index is 0. The van der Waals surface area contributed by atoms with Crippen LogP contribution in [0.3, 0.4) is 0 Å². The Kier molecular flexibility index (Phi) is 3.59. The molecule has 0 radical (unpaired) electrons. The fraction of sp³-hybridized carbons (Fsp3) is 0.462. The fourth-order valence-corrected chi connectivity index (χ4v) is 2.83. The van der Waals surface area contributed by atoms with Crippen LogP contribution in [-0.2, 0) is 11.2 Å². The number of carbonyl (C=O) groups is 1. The summed E-state index contributed by atoms with van der Waals surface area (Å²) >= 11 is 0. The largest absolute Gasteiger partial charge is 0.325 e. The Hall–Kier alpha value is -1.13. The van der Waals surface area contributed by atoms with Crippen LogP contribution in [0.5, 0.6) is 0 Å². The summed E-state index contributed by atoms with van der Waals surface area (Å²) in [5, 5.41) is 6.12. The topological polar surface area (TPSA) is 41.1 Å². The Morgan fingerprint density at radius 2 is 1.94 bits per heavy atom. The zero-order chi connectivity index (χ0) is 11.9. The van der Waals surface area contributed by atoms with E-state index in [4.69, 9.17) is 0 Å². The van der Waals surface area contributed by atoms with Gasteiger partial charge in [0.15, 0.2) is 0 Å². The van der Waals surface area contributed by atoms with Gasteiger partial charge in [-0.25, -0.2) is 4.39 Å². The van der Waals surface area contributed by atoms with E-state index >= 15 is 0 Å². The number of carbonyl (C=O) groups excluding carboxylic acids is 1. The average Bonchev–Trinajstić information content (AvgIpc) is 2.33. The van der Waals surface area contributed by atoms with Gasteiger partial charge in [0.25, 0.3) is 0 Å². The Morgan fingerprint density at radius 1 is 1.22 bits per heavy atom. The van der Waals surface area contributed by atoms with Gasteiger partial charge in [-0.3, -0.25) is 4.79 Å². The first-order valence-corrected chi connectivity index (χ1v) is 6.00. The maximum absolute atomic E-state index is 13.1. The van der Waals surface area contributed by atoms with Gasteiger partial charge in [-0.1, -0.05) is 6.07 Å². The third-order valence-electron chi connectivity index (χ3n) is 3.89. The first-order valence-electron chi connectivity index (χ1n) is 6.00. The highest BCUT2D eigenvalue weighted by molar-refractivity contribution is 5.98. The monoisotopic (exact) mass is 270 g/mol. The van der Waals surface area contributed by atoms with Crippen molar-refractivity contribution in [2.75, 3.05) is 18.4 Å². The van der Waals surface area contributed by atoms with E-state index in [-0.39, 0.29) is 29.5 Å². The Bertz CT molecular complexity index is 472. The second-order valence-electron chi connectivity index (χ2n) is 4.96. The number of benzene rings is 1. The molecule has 1 aromatic rings. The van der Waals surface area contributed by atoms with Crippen LogP contribution in [0.1, 0.15) is 18.4 Å². The summed E-state index contributed by atoms with van der Waals surface area (Å²) in [5.41, 5.74) is 1.41. The molecule has 0 atom stereocenters. The molecular weight excluding hydrogens is 255 g/mol. The van der Waals surface area contributed by atoms with Crippen LogP contribution >= 0.6 is 12.4 Å². The van der Waals surface area contributed by atoms with E-state index < -0.39 is 0 Å². The molecule has 3 rings (SSSR count). The lowest BCUT2D eigenvalue weighted by Gasteiger charge is -2.40. The summed E-state index contributed by atoms with van der Waals surface area (Å²) in [6.07, 6.45) is 2.45. The van der Waals surface area contributed by atoms with Crippen LogP contribution < -0.4 is 10.6 Å². The highest BCUT2D eigenvalue weighted by atomic mass is 35.5. The minimum atomic E-state index is -0.301. The summed E-state index contributed by atoms with van der Waals surface area (Å²) in [4.78, 5) is 12.2. The first-order chi connectivity index (χ1) is 8.20. The molecule has 1 fully saturated rings. The second-order valence-corrected chi connectivity index (χ2v) is 4.96. The van der Waals surface area contributed by atoms with E-state index in [9.17, 15) is 9.18 Å². The van der Waals surface area contributed by atoms with E-state index in [1.54, 1.807) is 6.07 Å². The van der Waals surface area contributed by atoms with Crippen LogP contribution in [0.25, 0.3) is 0 Å². The second kappa shape index (κ2) is 4.86. The smallest absolute Gasteiger partial charge is 0.231 e. The lowest BCUT2D eigenvalue weighted by molar-refractivity contribution is -0.127. The van der Waals surface area contributed by atoms with Gasteiger partial charge in [-0.2, -0.15) is 0 Å². The van der Waals surface area contributed by atoms with E-state index in [0.717, 1.165) is 37.9 Å². The fourth-order valence-electron chi connectivity index (χ4n) is 2.83. The molecule has 18 heavy (non-hydrogen) atoms. The van der Waals surface area contributed by atoms with Crippen molar-refractivity contribution < 1.29 is 9.18 Å². The summed E-state index contributed by atoms with van der Waals surface area (Å²) in [6.45, 7) is 1.76. The maximum atomic E-state index is 13.1. The van der Waals surface area contributed by atoms with Crippen LogP contribution in [-0.4, -0.2) is 19.0 Å². The number of rotatable bonds is 0. The van der Waals surface area contributed by atoms with Crippen molar-refractivity contribution in [3.8, 4) is 0 Å². The average molecular weight is 271 g/mol. The molecule has 2 N–H and O–H groups in total. The summed E-state index contributed by atoms with van der Waals surface area (Å²) in [6, 6.07) is 4.65. The predicted molar refractivity (Wildman–Crippen MR) is 70.5 cm³/mol. The zero-order valence-electron chi connectivity index (χ0n) is 9.96.